The lowest BCUT2D eigenvalue weighted by Crippen LogP contribution is -2.31. The highest BCUT2D eigenvalue weighted by Gasteiger charge is 2.19. The second-order valence-corrected chi connectivity index (χ2v) is 5.56. The van der Waals surface area contributed by atoms with Crippen LogP contribution in [0.25, 0.3) is 11.5 Å². The zero-order valence-electron chi connectivity index (χ0n) is 13.8. The Hall–Kier alpha value is -3.39. The number of rotatable bonds is 5. The highest BCUT2D eigenvalue weighted by molar-refractivity contribution is 5.80. The van der Waals surface area contributed by atoms with Crippen molar-refractivity contribution in [3.8, 4) is 11.5 Å². The number of aromatic nitrogens is 2. The van der Waals surface area contributed by atoms with Crippen molar-refractivity contribution in [2.45, 2.75) is 13.5 Å². The van der Waals surface area contributed by atoms with Crippen LogP contribution in [-0.2, 0) is 6.54 Å². The van der Waals surface area contributed by atoms with Gasteiger partial charge in [0.25, 0.3) is 0 Å². The SMILES string of the molecule is C=Nc1c(-c2ccco2)nc(N)nc1N(N)Cc1ccc(N)c(C)c1. The van der Waals surface area contributed by atoms with Gasteiger partial charge in [-0.05, 0) is 43.0 Å². The Kier molecular flexibility index (Phi) is 4.36. The summed E-state index contributed by atoms with van der Waals surface area (Å²) in [5, 5.41) is 1.44. The third-order valence-electron chi connectivity index (χ3n) is 3.75. The molecule has 0 saturated carbocycles. The Morgan fingerprint density at radius 2 is 2.04 bits per heavy atom. The van der Waals surface area contributed by atoms with Crippen molar-refractivity contribution in [1.82, 2.24) is 9.97 Å². The molecule has 2 aromatic heterocycles. The molecule has 0 amide bonds. The smallest absolute Gasteiger partial charge is 0.222 e. The molecule has 0 unspecified atom stereocenters. The first-order valence-electron chi connectivity index (χ1n) is 7.55. The average Bonchev–Trinajstić information content (AvgIpc) is 3.11. The summed E-state index contributed by atoms with van der Waals surface area (Å²) in [7, 11) is 0. The van der Waals surface area contributed by atoms with E-state index in [2.05, 4.69) is 21.7 Å². The largest absolute Gasteiger partial charge is 0.463 e. The molecule has 8 nitrogen and oxygen atoms in total. The fraction of sp³-hybridized carbons (Fsp3) is 0.118. The van der Waals surface area contributed by atoms with Crippen LogP contribution in [0.5, 0.6) is 0 Å². The van der Waals surface area contributed by atoms with E-state index in [0.29, 0.717) is 29.5 Å². The molecule has 25 heavy (non-hydrogen) atoms. The second kappa shape index (κ2) is 6.62. The lowest BCUT2D eigenvalue weighted by Gasteiger charge is -2.20. The molecule has 0 saturated heterocycles. The monoisotopic (exact) mass is 337 g/mol. The van der Waals surface area contributed by atoms with E-state index >= 15 is 0 Å². The molecule has 0 aliphatic heterocycles. The molecule has 8 heteroatoms. The van der Waals surface area contributed by atoms with Gasteiger partial charge in [-0.25, -0.2) is 10.8 Å². The first-order chi connectivity index (χ1) is 12.0. The van der Waals surface area contributed by atoms with E-state index in [9.17, 15) is 0 Å². The minimum absolute atomic E-state index is 0.0673. The van der Waals surface area contributed by atoms with Crippen LogP contribution < -0.4 is 22.3 Å². The van der Waals surface area contributed by atoms with Crippen LogP contribution in [-0.4, -0.2) is 16.7 Å². The van der Waals surface area contributed by atoms with Crippen LogP contribution in [0.1, 0.15) is 11.1 Å². The van der Waals surface area contributed by atoms with Gasteiger partial charge in [0, 0.05) is 5.69 Å². The topological polar surface area (TPSA) is 133 Å². The number of nitrogens with zero attached hydrogens (tertiary/aromatic N) is 4. The molecule has 128 valence electrons. The molecule has 1 aromatic carbocycles. The Balaban J connectivity index is 2.00. The summed E-state index contributed by atoms with van der Waals surface area (Å²) in [5.74, 6) is 7.16. The summed E-state index contributed by atoms with van der Waals surface area (Å²) in [6.45, 7) is 5.92. The van der Waals surface area contributed by atoms with Gasteiger partial charge in [-0.3, -0.25) is 10.0 Å². The third kappa shape index (κ3) is 3.29. The highest BCUT2D eigenvalue weighted by atomic mass is 16.3. The number of hydrogen-bond acceptors (Lipinski definition) is 8. The third-order valence-corrected chi connectivity index (χ3v) is 3.75. The molecule has 3 aromatic rings. The number of nitrogens with two attached hydrogens (primary N) is 3. The maximum absolute atomic E-state index is 6.22. The van der Waals surface area contributed by atoms with Crippen molar-refractivity contribution in [3.05, 3.63) is 47.7 Å². The maximum Gasteiger partial charge on any atom is 0.222 e. The van der Waals surface area contributed by atoms with E-state index in [1.54, 1.807) is 12.1 Å². The quantitative estimate of drug-likeness (QED) is 0.282. The Morgan fingerprint density at radius 1 is 1.24 bits per heavy atom. The minimum atomic E-state index is 0.0673. The Labute approximate surface area is 145 Å². The Morgan fingerprint density at radius 3 is 2.68 bits per heavy atom. The maximum atomic E-state index is 6.22. The molecule has 6 N–H and O–H groups in total. The van der Waals surface area contributed by atoms with Gasteiger partial charge in [-0.1, -0.05) is 12.1 Å². The van der Waals surface area contributed by atoms with Crippen molar-refractivity contribution in [2.24, 2.45) is 10.8 Å². The van der Waals surface area contributed by atoms with Crippen LogP contribution in [0.2, 0.25) is 0 Å². The van der Waals surface area contributed by atoms with Gasteiger partial charge in [0.1, 0.15) is 11.4 Å². The van der Waals surface area contributed by atoms with Crippen molar-refractivity contribution in [2.75, 3.05) is 16.5 Å². The zero-order valence-corrected chi connectivity index (χ0v) is 13.8. The fourth-order valence-corrected chi connectivity index (χ4v) is 2.50. The van der Waals surface area contributed by atoms with Gasteiger partial charge < -0.3 is 15.9 Å². The van der Waals surface area contributed by atoms with Gasteiger partial charge in [-0.2, -0.15) is 4.98 Å². The normalized spacial score (nSPS) is 10.6. The highest BCUT2D eigenvalue weighted by Crippen LogP contribution is 2.36. The van der Waals surface area contributed by atoms with Crippen LogP contribution >= 0.6 is 0 Å². The second-order valence-electron chi connectivity index (χ2n) is 5.56. The van der Waals surface area contributed by atoms with Crippen molar-refractivity contribution < 1.29 is 4.42 Å². The van der Waals surface area contributed by atoms with Crippen LogP contribution in [0.15, 0.2) is 46.0 Å². The summed E-state index contributed by atoms with van der Waals surface area (Å²) >= 11 is 0. The standard InChI is InChI=1S/C17H19N7O/c1-10-8-11(5-6-12(10)18)9-24(20)16-15(21-2)14(22-17(19)23-16)13-4-3-7-25-13/h3-8H,2,9,18,20H2,1H3,(H2,19,22,23). The molecule has 0 aliphatic rings. The van der Waals surface area contributed by atoms with Crippen molar-refractivity contribution in [3.63, 3.8) is 0 Å². The Bertz CT molecular complexity index is 906. The van der Waals surface area contributed by atoms with E-state index in [1.165, 1.54) is 11.3 Å². The molecule has 3 rings (SSSR count). The van der Waals surface area contributed by atoms with Gasteiger partial charge >= 0.3 is 0 Å². The predicted molar refractivity (Wildman–Crippen MR) is 99.3 cm³/mol. The molecule has 0 radical (unpaired) electrons. The number of nitrogen functional groups attached to an aromatic ring is 2. The molecular formula is C17H19N7O. The summed E-state index contributed by atoms with van der Waals surface area (Å²) in [5.41, 5.74) is 15.2. The molecule has 0 bridgehead atoms. The summed E-state index contributed by atoms with van der Waals surface area (Å²) in [6.07, 6.45) is 1.54. The molecule has 0 aliphatic carbocycles. The zero-order chi connectivity index (χ0) is 18.0. The van der Waals surface area contributed by atoms with Crippen LogP contribution in [0, 0.1) is 6.92 Å². The van der Waals surface area contributed by atoms with Gasteiger partial charge in [0.05, 0.1) is 12.8 Å². The van der Waals surface area contributed by atoms with Gasteiger partial charge in [0.15, 0.2) is 11.6 Å². The van der Waals surface area contributed by atoms with Crippen LogP contribution in [0.4, 0.5) is 23.1 Å². The lowest BCUT2D eigenvalue weighted by atomic mass is 10.1. The first kappa shape index (κ1) is 16.5. The molecule has 2 heterocycles. The number of hydrogen-bond donors (Lipinski definition) is 3. The van der Waals surface area contributed by atoms with Crippen LogP contribution in [0.3, 0.4) is 0 Å². The fourth-order valence-electron chi connectivity index (χ4n) is 2.50. The summed E-state index contributed by atoms with van der Waals surface area (Å²) in [4.78, 5) is 12.5. The average molecular weight is 337 g/mol. The predicted octanol–water partition coefficient (Wildman–Crippen LogP) is 2.42. The number of aryl methyl sites for hydroxylation is 1. The number of anilines is 3. The van der Waals surface area contributed by atoms with E-state index in [4.69, 9.17) is 21.7 Å². The minimum Gasteiger partial charge on any atom is -0.463 e. The first-order valence-corrected chi connectivity index (χ1v) is 7.55. The van der Waals surface area contributed by atoms with Crippen molar-refractivity contribution in [1.29, 1.82) is 0 Å². The van der Waals surface area contributed by atoms with Crippen molar-refractivity contribution >= 4 is 29.9 Å². The van der Waals surface area contributed by atoms with E-state index in [0.717, 1.165) is 16.8 Å². The van der Waals surface area contributed by atoms with Gasteiger partial charge in [0.2, 0.25) is 5.95 Å². The summed E-state index contributed by atoms with van der Waals surface area (Å²) in [6, 6.07) is 9.21. The molecule has 0 fully saturated rings. The van der Waals surface area contributed by atoms with E-state index in [-0.39, 0.29) is 5.95 Å². The molecular weight excluding hydrogens is 318 g/mol. The number of aliphatic imine (C=N–C) groups is 1. The lowest BCUT2D eigenvalue weighted by molar-refractivity contribution is 0.580. The number of furan rings is 1. The van der Waals surface area contributed by atoms with Gasteiger partial charge in [-0.15, -0.1) is 0 Å². The summed E-state index contributed by atoms with van der Waals surface area (Å²) < 4.78 is 5.39. The number of benzene rings is 1. The van der Waals surface area contributed by atoms with E-state index in [1.807, 2.05) is 25.1 Å². The molecule has 0 atom stereocenters. The van der Waals surface area contributed by atoms with E-state index < -0.39 is 0 Å². The molecule has 0 spiro atoms. The number of hydrazine groups is 1.